The van der Waals surface area contributed by atoms with E-state index in [0.717, 1.165) is 6.42 Å². The van der Waals surface area contributed by atoms with E-state index in [4.69, 9.17) is 9.05 Å². The van der Waals surface area contributed by atoms with E-state index in [1.165, 1.54) is 6.66 Å². The molecule has 1 rings (SSSR count). The highest BCUT2D eigenvalue weighted by molar-refractivity contribution is 7.53. The summed E-state index contributed by atoms with van der Waals surface area (Å²) in [5.74, 6) is 1.07. The molecule has 0 aromatic carbocycles. The molecule has 0 amide bonds. The molecule has 1 saturated carbocycles. The third-order valence-electron chi connectivity index (χ3n) is 5.25. The number of rotatable bonds is 6. The van der Waals surface area contributed by atoms with Crippen LogP contribution < -0.4 is 0 Å². The molecule has 21 heavy (non-hydrogen) atoms. The van der Waals surface area contributed by atoms with E-state index in [2.05, 4.69) is 20.8 Å². The van der Waals surface area contributed by atoms with Crippen LogP contribution in [0.3, 0.4) is 0 Å². The average Bonchev–Trinajstić information content (AvgIpc) is 2.45. The Bertz CT molecular complexity index is 409. The first-order valence-electron chi connectivity index (χ1n) is 8.04. The van der Waals surface area contributed by atoms with Gasteiger partial charge in [-0.1, -0.05) is 48.0 Å². The van der Waals surface area contributed by atoms with Crippen molar-refractivity contribution in [3.8, 4) is 0 Å². The average molecular weight is 318 g/mol. The number of ketones is 1. The Balaban J connectivity index is 2.75. The van der Waals surface area contributed by atoms with Crippen molar-refractivity contribution in [2.45, 2.75) is 54.1 Å². The van der Waals surface area contributed by atoms with Gasteiger partial charge in [0.05, 0.1) is 6.61 Å². The lowest BCUT2D eigenvalue weighted by Gasteiger charge is -2.41. The molecule has 0 spiro atoms. The smallest absolute Gasteiger partial charge is 0.308 e. The van der Waals surface area contributed by atoms with Crippen molar-refractivity contribution in [2.24, 2.45) is 29.6 Å². The molecule has 1 aliphatic carbocycles. The van der Waals surface area contributed by atoms with E-state index >= 15 is 0 Å². The zero-order chi connectivity index (χ0) is 16.4. The first-order chi connectivity index (χ1) is 9.60. The zero-order valence-electron chi connectivity index (χ0n) is 14.5. The van der Waals surface area contributed by atoms with Crippen molar-refractivity contribution in [2.75, 3.05) is 13.3 Å². The minimum atomic E-state index is -3.20. The van der Waals surface area contributed by atoms with Crippen molar-refractivity contribution in [3.63, 3.8) is 0 Å². The monoisotopic (exact) mass is 318 g/mol. The first kappa shape index (κ1) is 18.9. The van der Waals surface area contributed by atoms with Gasteiger partial charge in [0.25, 0.3) is 0 Å². The predicted octanol–water partition coefficient (Wildman–Crippen LogP) is 4.38. The molecule has 0 N–H and O–H groups in total. The standard InChI is InChI=1S/C16H31O4P/c1-8-10(2)9-19-21(7,18)20-16-14(6)12(4)11(3)13(5)15(16)17/h10-14,16H,8-9H2,1-7H3. The highest BCUT2D eigenvalue weighted by atomic mass is 31.2. The van der Waals surface area contributed by atoms with E-state index in [1.807, 2.05) is 20.8 Å². The van der Waals surface area contributed by atoms with E-state index in [9.17, 15) is 9.36 Å². The number of hydrogen-bond acceptors (Lipinski definition) is 4. The maximum Gasteiger partial charge on any atom is 0.328 e. The Morgan fingerprint density at radius 1 is 1.14 bits per heavy atom. The molecule has 0 radical (unpaired) electrons. The van der Waals surface area contributed by atoms with Gasteiger partial charge in [-0.05, 0) is 23.7 Å². The van der Waals surface area contributed by atoms with Crippen LogP contribution in [0.25, 0.3) is 0 Å². The number of carbonyl (C=O) groups is 1. The maximum atomic E-state index is 12.5. The molecule has 0 aromatic rings. The second-order valence-electron chi connectivity index (χ2n) is 6.87. The molecule has 0 heterocycles. The van der Waals surface area contributed by atoms with Crippen molar-refractivity contribution in [3.05, 3.63) is 0 Å². The highest BCUT2D eigenvalue weighted by Crippen LogP contribution is 2.50. The highest BCUT2D eigenvalue weighted by Gasteiger charge is 2.45. The van der Waals surface area contributed by atoms with Crippen LogP contribution in [-0.4, -0.2) is 25.2 Å². The lowest BCUT2D eigenvalue weighted by Crippen LogP contribution is -2.47. The Morgan fingerprint density at radius 3 is 2.24 bits per heavy atom. The molecular formula is C16H31O4P. The van der Waals surface area contributed by atoms with Crippen LogP contribution in [0.15, 0.2) is 0 Å². The molecular weight excluding hydrogens is 287 g/mol. The fourth-order valence-electron chi connectivity index (χ4n) is 2.75. The second-order valence-corrected chi connectivity index (χ2v) is 8.89. The minimum Gasteiger partial charge on any atom is -0.308 e. The van der Waals surface area contributed by atoms with Gasteiger partial charge < -0.3 is 4.52 Å². The van der Waals surface area contributed by atoms with Gasteiger partial charge in [-0.3, -0.25) is 13.9 Å². The molecule has 7 unspecified atom stereocenters. The van der Waals surface area contributed by atoms with E-state index < -0.39 is 13.7 Å². The minimum absolute atomic E-state index is 0.0577. The predicted molar refractivity (Wildman–Crippen MR) is 85.5 cm³/mol. The van der Waals surface area contributed by atoms with Crippen molar-refractivity contribution >= 4 is 13.4 Å². The van der Waals surface area contributed by atoms with Gasteiger partial charge in [0.15, 0.2) is 5.78 Å². The molecule has 0 bridgehead atoms. The van der Waals surface area contributed by atoms with Gasteiger partial charge in [0.2, 0.25) is 0 Å². The molecule has 7 atom stereocenters. The number of carbonyl (C=O) groups excluding carboxylic acids is 1. The summed E-state index contributed by atoms with van der Waals surface area (Å²) in [7, 11) is -3.20. The third kappa shape index (κ3) is 4.64. The van der Waals surface area contributed by atoms with Crippen LogP contribution in [0.4, 0.5) is 0 Å². The summed E-state index contributed by atoms with van der Waals surface area (Å²) >= 11 is 0. The maximum absolute atomic E-state index is 12.5. The Kier molecular flexibility index (Phi) is 6.64. The third-order valence-corrected chi connectivity index (χ3v) is 6.48. The van der Waals surface area contributed by atoms with Crippen molar-refractivity contribution < 1.29 is 18.4 Å². The summed E-state index contributed by atoms with van der Waals surface area (Å²) in [6.45, 7) is 14.2. The largest absolute Gasteiger partial charge is 0.328 e. The molecule has 1 fully saturated rings. The Hall–Kier alpha value is -0.180. The first-order valence-corrected chi connectivity index (χ1v) is 10.0. The van der Waals surface area contributed by atoms with Crippen molar-refractivity contribution in [1.82, 2.24) is 0 Å². The van der Waals surface area contributed by atoms with E-state index in [0.29, 0.717) is 24.4 Å². The topological polar surface area (TPSA) is 52.6 Å². The number of Topliss-reactive ketones (excluding diaryl/α,β-unsaturated/α-hetero) is 1. The molecule has 0 aromatic heterocycles. The van der Waals surface area contributed by atoms with Crippen LogP contribution in [0.1, 0.15) is 48.0 Å². The molecule has 0 aliphatic heterocycles. The van der Waals surface area contributed by atoms with Gasteiger partial charge >= 0.3 is 7.60 Å². The summed E-state index contributed by atoms with van der Waals surface area (Å²) in [4.78, 5) is 12.5. The molecule has 1 aliphatic rings. The van der Waals surface area contributed by atoms with Gasteiger partial charge in [-0.2, -0.15) is 0 Å². The lowest BCUT2D eigenvalue weighted by atomic mass is 9.67. The van der Waals surface area contributed by atoms with Gasteiger partial charge in [0, 0.05) is 12.6 Å². The summed E-state index contributed by atoms with van der Waals surface area (Å²) in [5, 5.41) is 0. The normalized spacial score (nSPS) is 38.0. The van der Waals surface area contributed by atoms with Crippen LogP contribution in [0.2, 0.25) is 0 Å². The Labute approximate surface area is 129 Å². The van der Waals surface area contributed by atoms with Gasteiger partial charge in [0.1, 0.15) is 6.10 Å². The van der Waals surface area contributed by atoms with Gasteiger partial charge in [-0.25, -0.2) is 0 Å². The summed E-state index contributed by atoms with van der Waals surface area (Å²) in [6.07, 6.45) is 0.351. The Morgan fingerprint density at radius 2 is 1.71 bits per heavy atom. The fourth-order valence-corrected chi connectivity index (χ4v) is 4.05. The van der Waals surface area contributed by atoms with Crippen LogP contribution in [-0.2, 0) is 18.4 Å². The SMILES string of the molecule is CCC(C)COP(C)(=O)OC1C(=O)C(C)C(C)C(C)C1C. The quantitative estimate of drug-likeness (QED) is 0.682. The molecule has 0 saturated heterocycles. The zero-order valence-corrected chi connectivity index (χ0v) is 15.4. The fraction of sp³-hybridized carbons (Fsp3) is 0.938. The lowest BCUT2D eigenvalue weighted by molar-refractivity contribution is -0.141. The van der Waals surface area contributed by atoms with Gasteiger partial charge in [-0.15, -0.1) is 0 Å². The number of hydrogen-bond donors (Lipinski definition) is 0. The van der Waals surface area contributed by atoms with Crippen molar-refractivity contribution in [1.29, 1.82) is 0 Å². The summed E-state index contributed by atoms with van der Waals surface area (Å²) in [6, 6.07) is 0. The van der Waals surface area contributed by atoms with Crippen LogP contribution in [0.5, 0.6) is 0 Å². The second kappa shape index (κ2) is 7.39. The van der Waals surface area contributed by atoms with Crippen LogP contribution >= 0.6 is 7.60 Å². The van der Waals surface area contributed by atoms with E-state index in [1.54, 1.807) is 0 Å². The summed E-state index contributed by atoms with van der Waals surface area (Å²) < 4.78 is 23.6. The summed E-state index contributed by atoms with van der Waals surface area (Å²) in [5.41, 5.74) is 0. The van der Waals surface area contributed by atoms with Crippen LogP contribution in [0, 0.1) is 29.6 Å². The molecule has 4 nitrogen and oxygen atoms in total. The molecule has 5 heteroatoms. The van der Waals surface area contributed by atoms with E-state index in [-0.39, 0.29) is 17.6 Å². The molecule has 124 valence electrons.